The molecule has 1 aliphatic rings. The van der Waals surface area contributed by atoms with Crippen LogP contribution in [0.3, 0.4) is 0 Å². The van der Waals surface area contributed by atoms with E-state index < -0.39 is 0 Å². The number of amides is 1. The molecule has 1 fully saturated rings. The zero-order valence-electron chi connectivity index (χ0n) is 16.3. The van der Waals surface area contributed by atoms with Gasteiger partial charge in [0.25, 0.3) is 5.91 Å². The number of hydrogen-bond donors (Lipinski definition) is 1. The number of aryl methyl sites for hydroxylation is 1. The van der Waals surface area contributed by atoms with Gasteiger partial charge in [0.1, 0.15) is 23.2 Å². The zero-order chi connectivity index (χ0) is 20.2. The number of nitrogens with zero attached hydrogens (tertiary/aromatic N) is 5. The summed E-state index contributed by atoms with van der Waals surface area (Å²) in [7, 11) is 1.70. The van der Waals surface area contributed by atoms with Gasteiger partial charge in [-0.1, -0.05) is 0 Å². The van der Waals surface area contributed by atoms with Crippen LogP contribution in [0, 0.1) is 5.82 Å². The van der Waals surface area contributed by atoms with Crippen molar-refractivity contribution in [1.29, 1.82) is 0 Å². The average molecular weight is 394 g/mol. The van der Waals surface area contributed by atoms with Crippen molar-refractivity contribution in [3.63, 3.8) is 0 Å². The Hall–Kier alpha value is -3.29. The number of anilines is 1. The molecule has 3 heterocycles. The van der Waals surface area contributed by atoms with E-state index >= 15 is 0 Å². The lowest BCUT2D eigenvalue weighted by atomic mass is 10.1. The van der Waals surface area contributed by atoms with Gasteiger partial charge in [0.15, 0.2) is 0 Å². The fourth-order valence-electron chi connectivity index (χ4n) is 3.46. The number of carbonyl (C=O) groups excluding carboxylic acids is 1. The lowest BCUT2D eigenvalue weighted by molar-refractivity contribution is 0.0940. The first kappa shape index (κ1) is 19.0. The number of benzene rings is 1. The molecule has 0 aliphatic carbocycles. The molecule has 0 spiro atoms. The highest BCUT2D eigenvalue weighted by atomic mass is 19.1. The monoisotopic (exact) mass is 394 g/mol. The van der Waals surface area contributed by atoms with Crippen LogP contribution in [0.1, 0.15) is 35.6 Å². The third-order valence-corrected chi connectivity index (χ3v) is 5.03. The van der Waals surface area contributed by atoms with Crippen LogP contribution in [0.2, 0.25) is 0 Å². The molecule has 7 nitrogen and oxygen atoms in total. The predicted octanol–water partition coefficient (Wildman–Crippen LogP) is 2.94. The Bertz CT molecular complexity index is 995. The number of aromatic nitrogens is 4. The molecule has 1 aliphatic heterocycles. The van der Waals surface area contributed by atoms with Gasteiger partial charge < -0.3 is 10.2 Å². The normalized spacial score (nSPS) is 14.1. The number of piperidine rings is 1. The summed E-state index contributed by atoms with van der Waals surface area (Å²) < 4.78 is 14.6. The molecule has 150 valence electrons. The molecule has 1 saturated heterocycles. The van der Waals surface area contributed by atoms with E-state index in [0.717, 1.165) is 24.5 Å². The minimum Gasteiger partial charge on any atom is -0.357 e. The van der Waals surface area contributed by atoms with Crippen LogP contribution in [0.5, 0.6) is 0 Å². The molecule has 8 heteroatoms. The highest BCUT2D eigenvalue weighted by Crippen LogP contribution is 2.20. The minimum atomic E-state index is -0.311. The summed E-state index contributed by atoms with van der Waals surface area (Å²) in [6, 6.07) is 9.62. The SMILES string of the molecule is Cn1nc(-c2ccc(F)cc2)cc1C(=O)NCc1nccc(N2CCCCC2)n1. The first-order chi connectivity index (χ1) is 14.1. The molecule has 1 amide bonds. The van der Waals surface area contributed by atoms with E-state index in [1.807, 2.05) is 6.07 Å². The van der Waals surface area contributed by atoms with E-state index in [1.165, 1.54) is 36.1 Å². The molecular formula is C21H23FN6O. The maximum absolute atomic E-state index is 13.1. The zero-order valence-corrected chi connectivity index (χ0v) is 16.3. The smallest absolute Gasteiger partial charge is 0.269 e. The molecule has 2 aromatic heterocycles. The van der Waals surface area contributed by atoms with Gasteiger partial charge in [0.05, 0.1) is 12.2 Å². The molecule has 4 rings (SSSR count). The highest BCUT2D eigenvalue weighted by Gasteiger charge is 2.16. The summed E-state index contributed by atoms with van der Waals surface area (Å²) in [5, 5.41) is 7.21. The lowest BCUT2D eigenvalue weighted by Gasteiger charge is -2.27. The van der Waals surface area contributed by atoms with E-state index in [0.29, 0.717) is 17.2 Å². The Balaban J connectivity index is 1.43. The van der Waals surface area contributed by atoms with Gasteiger partial charge in [-0.25, -0.2) is 14.4 Å². The minimum absolute atomic E-state index is 0.234. The van der Waals surface area contributed by atoms with Crippen LogP contribution in [-0.4, -0.2) is 38.7 Å². The van der Waals surface area contributed by atoms with Gasteiger partial charge in [-0.3, -0.25) is 9.48 Å². The van der Waals surface area contributed by atoms with Gasteiger partial charge >= 0.3 is 0 Å². The average Bonchev–Trinajstić information content (AvgIpc) is 3.15. The van der Waals surface area contributed by atoms with Crippen LogP contribution in [0.15, 0.2) is 42.6 Å². The van der Waals surface area contributed by atoms with E-state index in [2.05, 4.69) is 25.3 Å². The molecule has 29 heavy (non-hydrogen) atoms. The van der Waals surface area contributed by atoms with Crippen molar-refractivity contribution in [2.24, 2.45) is 7.05 Å². The van der Waals surface area contributed by atoms with Gasteiger partial charge in [0.2, 0.25) is 0 Å². The molecule has 3 aromatic rings. The molecule has 0 radical (unpaired) electrons. The molecule has 1 N–H and O–H groups in total. The van der Waals surface area contributed by atoms with Crippen molar-refractivity contribution < 1.29 is 9.18 Å². The van der Waals surface area contributed by atoms with Crippen LogP contribution in [0.4, 0.5) is 10.2 Å². The Labute approximate surface area is 168 Å². The van der Waals surface area contributed by atoms with Crippen molar-refractivity contribution in [2.45, 2.75) is 25.8 Å². The predicted molar refractivity (Wildman–Crippen MR) is 108 cm³/mol. The van der Waals surface area contributed by atoms with Crippen molar-refractivity contribution in [2.75, 3.05) is 18.0 Å². The summed E-state index contributed by atoms with van der Waals surface area (Å²) in [6.45, 7) is 2.24. The Kier molecular flexibility index (Phi) is 5.50. The molecule has 0 bridgehead atoms. The lowest BCUT2D eigenvalue weighted by Crippen LogP contribution is -2.31. The number of nitrogens with one attached hydrogen (secondary N) is 1. The Morgan fingerprint density at radius 3 is 2.66 bits per heavy atom. The van der Waals surface area contributed by atoms with E-state index in [9.17, 15) is 9.18 Å². The van der Waals surface area contributed by atoms with Crippen LogP contribution >= 0.6 is 0 Å². The van der Waals surface area contributed by atoms with E-state index in [4.69, 9.17) is 0 Å². The summed E-state index contributed by atoms with van der Waals surface area (Å²) in [5.41, 5.74) is 1.77. The number of halogens is 1. The second kappa shape index (κ2) is 8.38. The van der Waals surface area contributed by atoms with Gasteiger partial charge in [0, 0.05) is 31.9 Å². The maximum atomic E-state index is 13.1. The van der Waals surface area contributed by atoms with Crippen LogP contribution in [0.25, 0.3) is 11.3 Å². The fraction of sp³-hybridized carbons (Fsp3) is 0.333. The molecular weight excluding hydrogens is 371 g/mol. The van der Waals surface area contributed by atoms with Gasteiger partial charge in [-0.05, 0) is 55.7 Å². The standard InChI is InChI=1S/C21H23FN6O/c1-27-18(13-17(26-27)15-5-7-16(22)8-6-15)21(29)24-14-19-23-10-9-20(25-19)28-11-3-2-4-12-28/h5-10,13H,2-4,11-12,14H2,1H3,(H,24,29). The van der Waals surface area contributed by atoms with Crippen LogP contribution in [-0.2, 0) is 13.6 Å². The number of hydrogen-bond acceptors (Lipinski definition) is 5. The summed E-state index contributed by atoms with van der Waals surface area (Å²) >= 11 is 0. The van der Waals surface area contributed by atoms with Crippen LogP contribution < -0.4 is 10.2 Å². The second-order valence-corrected chi connectivity index (χ2v) is 7.11. The van der Waals surface area contributed by atoms with E-state index in [1.54, 1.807) is 31.4 Å². The quantitative estimate of drug-likeness (QED) is 0.720. The summed E-state index contributed by atoms with van der Waals surface area (Å²) in [4.78, 5) is 23.7. The highest BCUT2D eigenvalue weighted by molar-refractivity contribution is 5.93. The number of rotatable bonds is 5. The number of carbonyl (C=O) groups is 1. The fourth-order valence-corrected chi connectivity index (χ4v) is 3.46. The van der Waals surface area contributed by atoms with Crippen molar-refractivity contribution in [3.8, 4) is 11.3 Å². The largest absolute Gasteiger partial charge is 0.357 e. The molecule has 0 unspecified atom stereocenters. The van der Waals surface area contributed by atoms with Crippen molar-refractivity contribution in [1.82, 2.24) is 25.1 Å². The molecule has 0 saturated carbocycles. The summed E-state index contributed by atoms with van der Waals surface area (Å²) in [5.74, 6) is 0.903. The maximum Gasteiger partial charge on any atom is 0.269 e. The first-order valence-corrected chi connectivity index (χ1v) is 9.75. The van der Waals surface area contributed by atoms with Crippen molar-refractivity contribution in [3.05, 3.63) is 59.9 Å². The van der Waals surface area contributed by atoms with E-state index in [-0.39, 0.29) is 18.3 Å². The third-order valence-electron chi connectivity index (χ3n) is 5.03. The topological polar surface area (TPSA) is 75.9 Å². The van der Waals surface area contributed by atoms with Gasteiger partial charge in [-0.15, -0.1) is 0 Å². The second-order valence-electron chi connectivity index (χ2n) is 7.11. The first-order valence-electron chi connectivity index (χ1n) is 9.75. The third kappa shape index (κ3) is 4.42. The summed E-state index contributed by atoms with van der Waals surface area (Å²) in [6.07, 6.45) is 5.34. The Morgan fingerprint density at radius 2 is 1.90 bits per heavy atom. The van der Waals surface area contributed by atoms with Gasteiger partial charge in [-0.2, -0.15) is 5.10 Å². The molecule has 0 atom stereocenters. The van der Waals surface area contributed by atoms with Crippen molar-refractivity contribution >= 4 is 11.7 Å². The molecule has 1 aromatic carbocycles. The Morgan fingerprint density at radius 1 is 1.14 bits per heavy atom.